The highest BCUT2D eigenvalue weighted by atomic mass is 32.2. The summed E-state index contributed by atoms with van der Waals surface area (Å²) in [7, 11) is -3.84. The Kier molecular flexibility index (Phi) is 6.20. The Morgan fingerprint density at radius 2 is 2.17 bits per heavy atom. The van der Waals surface area contributed by atoms with Gasteiger partial charge >= 0.3 is 5.97 Å². The molecule has 1 aromatic carbocycles. The Labute approximate surface area is 142 Å². The van der Waals surface area contributed by atoms with E-state index in [4.69, 9.17) is 9.84 Å². The van der Waals surface area contributed by atoms with Crippen LogP contribution in [-0.2, 0) is 14.8 Å². The molecule has 7 nitrogen and oxygen atoms in total. The van der Waals surface area contributed by atoms with Gasteiger partial charge in [-0.3, -0.25) is 0 Å². The molecule has 0 aliphatic carbocycles. The molecule has 0 bridgehead atoms. The molecule has 8 heteroatoms. The predicted molar refractivity (Wildman–Crippen MR) is 90.9 cm³/mol. The van der Waals surface area contributed by atoms with Crippen LogP contribution in [-0.4, -0.2) is 45.3 Å². The molecule has 3 N–H and O–H groups in total. The number of hydrogen-bond acceptors (Lipinski definition) is 5. The predicted octanol–water partition coefficient (Wildman–Crippen LogP) is 1.91. The van der Waals surface area contributed by atoms with Crippen LogP contribution in [0.4, 0.5) is 5.69 Å². The van der Waals surface area contributed by atoms with E-state index in [2.05, 4.69) is 10.0 Å². The Balaban J connectivity index is 2.25. The number of carbonyl (C=O) groups is 1. The molecule has 1 atom stereocenters. The summed E-state index contributed by atoms with van der Waals surface area (Å²) in [5.74, 6) is -0.847. The highest BCUT2D eigenvalue weighted by molar-refractivity contribution is 7.89. The number of sulfonamides is 1. The van der Waals surface area contributed by atoms with Crippen molar-refractivity contribution in [2.24, 2.45) is 5.92 Å². The van der Waals surface area contributed by atoms with Crippen LogP contribution in [0, 0.1) is 5.92 Å². The first kappa shape index (κ1) is 18.7. The van der Waals surface area contributed by atoms with E-state index in [0.717, 1.165) is 12.8 Å². The van der Waals surface area contributed by atoms with E-state index in [1.807, 2.05) is 13.8 Å². The smallest absolute Gasteiger partial charge is 0.335 e. The number of hydrogen-bond donors (Lipinski definition) is 3. The van der Waals surface area contributed by atoms with Crippen molar-refractivity contribution in [3.8, 4) is 0 Å². The molecular weight excluding hydrogens is 332 g/mol. The minimum atomic E-state index is -3.84. The van der Waals surface area contributed by atoms with Crippen LogP contribution in [0.15, 0.2) is 23.1 Å². The number of aromatic carboxylic acids is 1. The molecular formula is C16H24N2O5S. The summed E-state index contributed by atoms with van der Waals surface area (Å²) in [6, 6.07) is 4.07. The lowest BCUT2D eigenvalue weighted by Gasteiger charge is -2.16. The molecule has 0 spiro atoms. The fourth-order valence-corrected chi connectivity index (χ4v) is 3.70. The van der Waals surface area contributed by atoms with E-state index >= 15 is 0 Å². The highest BCUT2D eigenvalue weighted by Crippen LogP contribution is 2.24. The second kappa shape index (κ2) is 7.96. The number of rotatable bonds is 8. The van der Waals surface area contributed by atoms with Crippen LogP contribution in [0.2, 0.25) is 0 Å². The Morgan fingerprint density at radius 3 is 2.75 bits per heavy atom. The normalized spacial score (nSPS) is 18.0. The van der Waals surface area contributed by atoms with Gasteiger partial charge in [0.25, 0.3) is 0 Å². The van der Waals surface area contributed by atoms with Gasteiger partial charge in [-0.15, -0.1) is 0 Å². The number of carboxylic acid groups (broad SMARTS) is 1. The largest absolute Gasteiger partial charge is 0.478 e. The van der Waals surface area contributed by atoms with Crippen molar-refractivity contribution < 1.29 is 23.1 Å². The van der Waals surface area contributed by atoms with Gasteiger partial charge in [-0.2, -0.15) is 0 Å². The third kappa shape index (κ3) is 4.93. The molecule has 1 heterocycles. The van der Waals surface area contributed by atoms with Crippen molar-refractivity contribution in [2.45, 2.75) is 37.7 Å². The van der Waals surface area contributed by atoms with E-state index in [0.29, 0.717) is 24.8 Å². The van der Waals surface area contributed by atoms with Gasteiger partial charge in [0.15, 0.2) is 0 Å². The van der Waals surface area contributed by atoms with Crippen molar-refractivity contribution in [3.63, 3.8) is 0 Å². The van der Waals surface area contributed by atoms with Gasteiger partial charge in [-0.05, 0) is 37.0 Å². The van der Waals surface area contributed by atoms with E-state index in [1.54, 1.807) is 0 Å². The Morgan fingerprint density at radius 1 is 1.42 bits per heavy atom. The van der Waals surface area contributed by atoms with E-state index in [9.17, 15) is 13.2 Å². The first-order valence-corrected chi connectivity index (χ1v) is 9.50. The van der Waals surface area contributed by atoms with Crippen LogP contribution in [0.5, 0.6) is 0 Å². The zero-order valence-electron chi connectivity index (χ0n) is 13.9. The van der Waals surface area contributed by atoms with Gasteiger partial charge in [0.2, 0.25) is 10.0 Å². The summed E-state index contributed by atoms with van der Waals surface area (Å²) in [5.41, 5.74) is 0.330. The van der Waals surface area contributed by atoms with E-state index in [-0.39, 0.29) is 23.1 Å². The summed E-state index contributed by atoms with van der Waals surface area (Å²) in [6.45, 7) is 5.41. The average Bonchev–Trinajstić information content (AvgIpc) is 3.04. The topological polar surface area (TPSA) is 105 Å². The number of ether oxygens (including phenoxy) is 1. The van der Waals surface area contributed by atoms with Gasteiger partial charge in [-0.25, -0.2) is 17.9 Å². The molecule has 0 radical (unpaired) electrons. The van der Waals surface area contributed by atoms with Crippen molar-refractivity contribution in [2.75, 3.05) is 25.0 Å². The highest BCUT2D eigenvalue weighted by Gasteiger charge is 2.24. The Hall–Kier alpha value is -1.64. The van der Waals surface area contributed by atoms with Crippen molar-refractivity contribution in [1.82, 2.24) is 4.72 Å². The van der Waals surface area contributed by atoms with Gasteiger partial charge in [0, 0.05) is 19.7 Å². The molecule has 1 aromatic rings. The van der Waals surface area contributed by atoms with E-state index in [1.165, 1.54) is 18.2 Å². The summed E-state index contributed by atoms with van der Waals surface area (Å²) in [4.78, 5) is 11.1. The lowest BCUT2D eigenvalue weighted by atomic mass is 10.2. The second-order valence-electron chi connectivity index (χ2n) is 6.28. The first-order chi connectivity index (χ1) is 11.3. The maximum absolute atomic E-state index is 12.6. The van der Waals surface area contributed by atoms with Crippen molar-refractivity contribution in [3.05, 3.63) is 23.8 Å². The molecule has 134 valence electrons. The van der Waals surface area contributed by atoms with Gasteiger partial charge < -0.3 is 15.2 Å². The quantitative estimate of drug-likeness (QED) is 0.657. The number of nitrogens with one attached hydrogen (secondary N) is 2. The monoisotopic (exact) mass is 356 g/mol. The number of carboxylic acids is 1. The van der Waals surface area contributed by atoms with Crippen molar-refractivity contribution in [1.29, 1.82) is 0 Å². The SMILES string of the molecule is CC(C)CNc1ccc(C(=O)O)cc1S(=O)(=O)NC[C@H]1CCCO1. The summed E-state index contributed by atoms with van der Waals surface area (Å²) in [5, 5.41) is 12.2. The minimum absolute atomic E-state index is 0.0546. The van der Waals surface area contributed by atoms with Crippen molar-refractivity contribution >= 4 is 21.7 Å². The molecule has 1 saturated heterocycles. The number of anilines is 1. The molecule has 0 saturated carbocycles. The number of benzene rings is 1. The Bertz CT molecular complexity index is 682. The van der Waals surface area contributed by atoms with Gasteiger partial charge in [0.1, 0.15) is 4.90 Å². The fraction of sp³-hybridized carbons (Fsp3) is 0.562. The molecule has 0 unspecified atom stereocenters. The average molecular weight is 356 g/mol. The van der Waals surface area contributed by atoms with Gasteiger partial charge in [-0.1, -0.05) is 13.8 Å². The molecule has 1 aliphatic heterocycles. The van der Waals surface area contributed by atoms with E-state index < -0.39 is 16.0 Å². The molecule has 1 aliphatic rings. The maximum Gasteiger partial charge on any atom is 0.335 e. The molecule has 24 heavy (non-hydrogen) atoms. The summed E-state index contributed by atoms with van der Waals surface area (Å²) < 4.78 is 33.2. The third-order valence-corrected chi connectivity index (χ3v) is 5.21. The van der Waals surface area contributed by atoms with Crippen LogP contribution < -0.4 is 10.0 Å². The summed E-state index contributed by atoms with van der Waals surface area (Å²) >= 11 is 0. The van der Waals surface area contributed by atoms with Crippen LogP contribution in [0.25, 0.3) is 0 Å². The molecule has 0 amide bonds. The minimum Gasteiger partial charge on any atom is -0.478 e. The van der Waals surface area contributed by atoms with Crippen LogP contribution >= 0.6 is 0 Å². The zero-order valence-corrected chi connectivity index (χ0v) is 14.7. The summed E-state index contributed by atoms with van der Waals surface area (Å²) in [6.07, 6.45) is 1.60. The lowest BCUT2D eigenvalue weighted by Crippen LogP contribution is -2.32. The molecule has 1 fully saturated rings. The fourth-order valence-electron chi connectivity index (χ4n) is 2.42. The maximum atomic E-state index is 12.6. The van der Waals surface area contributed by atoms with Gasteiger partial charge in [0.05, 0.1) is 17.4 Å². The molecule has 2 rings (SSSR count). The van der Waals surface area contributed by atoms with Crippen LogP contribution in [0.1, 0.15) is 37.0 Å². The standard InChI is InChI=1S/C16H24N2O5S/c1-11(2)9-17-14-6-5-12(16(19)20)8-15(14)24(21,22)18-10-13-4-3-7-23-13/h5-6,8,11,13,17-18H,3-4,7,9-10H2,1-2H3,(H,19,20)/t13-/m1/s1. The first-order valence-electron chi connectivity index (χ1n) is 8.02. The lowest BCUT2D eigenvalue weighted by molar-refractivity contribution is 0.0696. The van der Waals surface area contributed by atoms with Crippen LogP contribution in [0.3, 0.4) is 0 Å². The molecule has 0 aromatic heterocycles. The second-order valence-corrected chi connectivity index (χ2v) is 8.01. The third-order valence-electron chi connectivity index (χ3n) is 3.74. The zero-order chi connectivity index (χ0) is 17.7.